The second kappa shape index (κ2) is 6.43. The summed E-state index contributed by atoms with van der Waals surface area (Å²) in [4.78, 5) is 4.77. The van der Waals surface area contributed by atoms with Gasteiger partial charge in [0.05, 0.1) is 9.77 Å². The smallest absolute Gasteiger partial charge is 0.329 e. The minimum atomic E-state index is -4.71. The third-order valence-corrected chi connectivity index (χ3v) is 7.13. The summed E-state index contributed by atoms with van der Waals surface area (Å²) in [6, 6.07) is 9.79. The van der Waals surface area contributed by atoms with Crippen LogP contribution < -0.4 is 0 Å². The molecule has 142 valence electrons. The Labute approximate surface area is 156 Å². The predicted octanol–water partition coefficient (Wildman–Crippen LogP) is 3.56. The largest absolute Gasteiger partial charge is 0.471 e. The molecule has 1 aromatic carbocycles. The zero-order chi connectivity index (χ0) is 19.2. The van der Waals surface area contributed by atoms with Gasteiger partial charge in [0.2, 0.25) is 15.8 Å². The van der Waals surface area contributed by atoms with E-state index in [1.165, 1.54) is 27.8 Å². The van der Waals surface area contributed by atoms with Gasteiger partial charge in [0.15, 0.2) is 0 Å². The van der Waals surface area contributed by atoms with Crippen molar-refractivity contribution in [2.45, 2.75) is 24.0 Å². The third-order valence-electron chi connectivity index (χ3n) is 4.12. The summed E-state index contributed by atoms with van der Waals surface area (Å²) in [5.74, 6) is -1.56. The van der Waals surface area contributed by atoms with Crippen molar-refractivity contribution >= 4 is 21.4 Å². The Bertz CT molecular complexity index is 1080. The first kappa shape index (κ1) is 18.1. The van der Waals surface area contributed by atoms with Gasteiger partial charge in [-0.2, -0.15) is 22.5 Å². The van der Waals surface area contributed by atoms with E-state index in [1.54, 1.807) is 24.3 Å². The molecule has 27 heavy (non-hydrogen) atoms. The lowest BCUT2D eigenvalue weighted by Gasteiger charge is -2.26. The summed E-state index contributed by atoms with van der Waals surface area (Å²) < 4.78 is 69.0. The van der Waals surface area contributed by atoms with Crippen LogP contribution in [0.5, 0.6) is 0 Å². The maximum Gasteiger partial charge on any atom is 0.471 e. The van der Waals surface area contributed by atoms with E-state index < -0.39 is 22.1 Å². The van der Waals surface area contributed by atoms with Gasteiger partial charge in [0, 0.05) is 18.0 Å². The SMILES string of the molecule is O=S(=O)(c1ccccc1)N1CCc2cc(-c3noc(C(F)(F)F)n3)sc2C1. The zero-order valence-corrected chi connectivity index (χ0v) is 15.2. The normalized spacial score (nSPS) is 15.7. The van der Waals surface area contributed by atoms with E-state index in [1.807, 2.05) is 0 Å². The second-order valence-corrected chi connectivity index (χ2v) is 8.96. The number of sulfonamides is 1. The number of fused-ring (bicyclic) bond motifs is 1. The molecular formula is C16H12F3N3O3S2. The van der Waals surface area contributed by atoms with E-state index >= 15 is 0 Å². The Morgan fingerprint density at radius 2 is 1.93 bits per heavy atom. The van der Waals surface area contributed by atoms with Crippen molar-refractivity contribution in [3.8, 4) is 10.7 Å². The molecule has 0 radical (unpaired) electrons. The number of rotatable bonds is 3. The molecule has 0 fully saturated rings. The highest BCUT2D eigenvalue weighted by atomic mass is 32.2. The fourth-order valence-electron chi connectivity index (χ4n) is 2.79. The molecule has 11 heteroatoms. The zero-order valence-electron chi connectivity index (χ0n) is 13.6. The molecule has 0 atom stereocenters. The minimum absolute atomic E-state index is 0.154. The van der Waals surface area contributed by atoms with Gasteiger partial charge in [-0.1, -0.05) is 23.4 Å². The van der Waals surface area contributed by atoms with Gasteiger partial charge in [-0.25, -0.2) is 8.42 Å². The van der Waals surface area contributed by atoms with E-state index in [2.05, 4.69) is 14.7 Å². The van der Waals surface area contributed by atoms with Gasteiger partial charge < -0.3 is 4.52 Å². The van der Waals surface area contributed by atoms with E-state index in [0.717, 1.165) is 10.4 Å². The summed E-state index contributed by atoms with van der Waals surface area (Å²) in [7, 11) is -3.63. The second-order valence-electron chi connectivity index (χ2n) is 5.88. The highest BCUT2D eigenvalue weighted by molar-refractivity contribution is 7.89. The van der Waals surface area contributed by atoms with Crippen molar-refractivity contribution in [2.75, 3.05) is 6.54 Å². The fourth-order valence-corrected chi connectivity index (χ4v) is 5.46. The standard InChI is InChI=1S/C16H12F3N3O3S2/c17-16(18,19)15-20-14(21-25-15)12-8-10-6-7-22(9-13(10)26-12)27(23,24)11-4-2-1-3-5-11/h1-5,8H,6-7,9H2. The highest BCUT2D eigenvalue weighted by Crippen LogP contribution is 2.36. The van der Waals surface area contributed by atoms with Crippen LogP contribution in [0.1, 0.15) is 16.3 Å². The molecule has 3 aromatic rings. The molecule has 1 aliphatic rings. The Morgan fingerprint density at radius 3 is 2.59 bits per heavy atom. The van der Waals surface area contributed by atoms with Crippen LogP contribution in [0.15, 0.2) is 45.8 Å². The van der Waals surface area contributed by atoms with Gasteiger partial charge in [0.1, 0.15) is 0 Å². The Balaban J connectivity index is 1.61. The first-order valence-corrected chi connectivity index (χ1v) is 10.1. The number of nitrogens with zero attached hydrogens (tertiary/aromatic N) is 3. The highest BCUT2D eigenvalue weighted by Gasteiger charge is 2.39. The van der Waals surface area contributed by atoms with Crippen molar-refractivity contribution in [1.29, 1.82) is 0 Å². The number of hydrogen-bond acceptors (Lipinski definition) is 6. The molecule has 0 spiro atoms. The summed E-state index contributed by atoms with van der Waals surface area (Å²) in [5.41, 5.74) is 0.882. The molecule has 0 saturated heterocycles. The van der Waals surface area contributed by atoms with Gasteiger partial charge in [-0.3, -0.25) is 0 Å². The minimum Gasteiger partial charge on any atom is -0.329 e. The average Bonchev–Trinajstić information content (AvgIpc) is 3.28. The molecular weight excluding hydrogens is 403 g/mol. The van der Waals surface area contributed by atoms with Gasteiger partial charge in [-0.05, 0) is 30.2 Å². The lowest BCUT2D eigenvalue weighted by atomic mass is 10.1. The predicted molar refractivity (Wildman–Crippen MR) is 90.4 cm³/mol. The molecule has 2 aromatic heterocycles. The van der Waals surface area contributed by atoms with Crippen LogP contribution in [0.4, 0.5) is 13.2 Å². The number of alkyl halides is 3. The molecule has 0 saturated carbocycles. The van der Waals surface area contributed by atoms with Crippen LogP contribution in [0.25, 0.3) is 10.7 Å². The lowest BCUT2D eigenvalue weighted by molar-refractivity contribution is -0.159. The van der Waals surface area contributed by atoms with Crippen LogP contribution in [0.2, 0.25) is 0 Å². The summed E-state index contributed by atoms with van der Waals surface area (Å²) in [6.07, 6.45) is -4.25. The number of benzene rings is 1. The molecule has 0 unspecified atom stereocenters. The van der Waals surface area contributed by atoms with Crippen LogP contribution in [-0.4, -0.2) is 29.4 Å². The third kappa shape index (κ3) is 3.37. The average molecular weight is 415 g/mol. The van der Waals surface area contributed by atoms with E-state index in [-0.39, 0.29) is 17.3 Å². The van der Waals surface area contributed by atoms with E-state index in [9.17, 15) is 21.6 Å². The van der Waals surface area contributed by atoms with Crippen molar-refractivity contribution in [1.82, 2.24) is 14.4 Å². The summed E-state index contributed by atoms with van der Waals surface area (Å²) in [6.45, 7) is 0.446. The molecule has 1 aliphatic heterocycles. The van der Waals surface area contributed by atoms with Gasteiger partial charge >= 0.3 is 12.1 Å². The van der Waals surface area contributed by atoms with Gasteiger partial charge in [0.25, 0.3) is 0 Å². The van der Waals surface area contributed by atoms with Crippen LogP contribution in [0.3, 0.4) is 0 Å². The number of aromatic nitrogens is 2. The van der Waals surface area contributed by atoms with Gasteiger partial charge in [-0.15, -0.1) is 11.3 Å². The topological polar surface area (TPSA) is 76.3 Å². The van der Waals surface area contributed by atoms with Crippen molar-refractivity contribution < 1.29 is 26.1 Å². The Kier molecular flexibility index (Phi) is 4.32. The Hall–Kier alpha value is -2.24. The van der Waals surface area contributed by atoms with Crippen molar-refractivity contribution in [3.05, 3.63) is 52.7 Å². The first-order chi connectivity index (χ1) is 12.7. The van der Waals surface area contributed by atoms with Crippen molar-refractivity contribution in [2.24, 2.45) is 0 Å². The number of hydrogen-bond donors (Lipinski definition) is 0. The van der Waals surface area contributed by atoms with Crippen LogP contribution in [-0.2, 0) is 29.2 Å². The molecule has 0 bridgehead atoms. The molecule has 0 aliphatic carbocycles. The number of halogens is 3. The van der Waals surface area contributed by atoms with Crippen LogP contribution >= 0.6 is 11.3 Å². The summed E-state index contributed by atoms with van der Waals surface area (Å²) >= 11 is 1.17. The maximum absolute atomic E-state index is 12.8. The van der Waals surface area contributed by atoms with Crippen molar-refractivity contribution in [3.63, 3.8) is 0 Å². The van der Waals surface area contributed by atoms with E-state index in [4.69, 9.17) is 0 Å². The van der Waals surface area contributed by atoms with E-state index in [0.29, 0.717) is 17.8 Å². The molecule has 3 heterocycles. The lowest BCUT2D eigenvalue weighted by Crippen LogP contribution is -2.35. The Morgan fingerprint density at radius 1 is 1.19 bits per heavy atom. The summed E-state index contributed by atoms with van der Waals surface area (Å²) in [5, 5.41) is 3.38. The molecule has 0 N–H and O–H groups in total. The fraction of sp³-hybridized carbons (Fsp3) is 0.250. The van der Waals surface area contributed by atoms with Crippen LogP contribution in [0, 0.1) is 0 Å². The maximum atomic E-state index is 12.8. The molecule has 6 nitrogen and oxygen atoms in total. The molecule has 4 rings (SSSR count). The first-order valence-electron chi connectivity index (χ1n) is 7.83. The number of thiophene rings is 1. The molecule has 0 amide bonds. The monoisotopic (exact) mass is 415 g/mol. The quantitative estimate of drug-likeness (QED) is 0.654.